The Kier molecular flexibility index (Phi) is 5.21. The van der Waals surface area contributed by atoms with Gasteiger partial charge in [-0.1, -0.05) is 44.2 Å². The van der Waals surface area contributed by atoms with Crippen molar-refractivity contribution in [3.8, 4) is 0 Å². The van der Waals surface area contributed by atoms with Crippen molar-refractivity contribution in [1.29, 1.82) is 0 Å². The highest BCUT2D eigenvalue weighted by atomic mass is 16.1. The quantitative estimate of drug-likeness (QED) is 0.821. The maximum Gasteiger partial charge on any atom is 0.228 e. The molecule has 2 aromatic rings. The van der Waals surface area contributed by atoms with Crippen LogP contribution in [0.1, 0.15) is 30.5 Å². The zero-order valence-electron chi connectivity index (χ0n) is 13.5. The number of nitrogens with one attached hydrogen (secondary N) is 1. The lowest BCUT2D eigenvalue weighted by Gasteiger charge is -2.10. The first kappa shape index (κ1) is 16.1. The Balaban J connectivity index is 1.98. The maximum atomic E-state index is 12.2. The van der Waals surface area contributed by atoms with E-state index in [0.717, 1.165) is 23.2 Å². The summed E-state index contributed by atoms with van der Waals surface area (Å²) in [7, 11) is 0. The minimum absolute atomic E-state index is 0.0229. The van der Waals surface area contributed by atoms with E-state index in [4.69, 9.17) is 5.73 Å². The number of carbonyl (C=O) groups excluding carboxylic acids is 1. The van der Waals surface area contributed by atoms with Crippen LogP contribution in [-0.4, -0.2) is 5.91 Å². The number of nitrogens with two attached hydrogens (primary N) is 1. The maximum absolute atomic E-state index is 12.2. The van der Waals surface area contributed by atoms with Crippen LogP contribution in [0.2, 0.25) is 0 Å². The van der Waals surface area contributed by atoms with Gasteiger partial charge in [-0.15, -0.1) is 0 Å². The average molecular weight is 296 g/mol. The predicted octanol–water partition coefficient (Wildman–Crippen LogP) is 3.96. The molecule has 0 bridgehead atoms. The number of rotatable bonds is 5. The minimum atomic E-state index is -0.0229. The molecule has 0 saturated heterocycles. The summed E-state index contributed by atoms with van der Waals surface area (Å²) in [4.78, 5) is 12.2. The van der Waals surface area contributed by atoms with Gasteiger partial charge in [-0.2, -0.15) is 0 Å². The van der Waals surface area contributed by atoms with Gasteiger partial charge in [-0.05, 0) is 48.1 Å². The molecule has 0 aliphatic rings. The minimum Gasteiger partial charge on any atom is -0.399 e. The van der Waals surface area contributed by atoms with Crippen molar-refractivity contribution in [2.24, 2.45) is 5.92 Å². The topological polar surface area (TPSA) is 55.1 Å². The molecular formula is C19H24N2O. The van der Waals surface area contributed by atoms with Gasteiger partial charge in [0, 0.05) is 11.4 Å². The first-order valence-corrected chi connectivity index (χ1v) is 7.68. The Bertz CT molecular complexity index is 645. The third-order valence-corrected chi connectivity index (χ3v) is 3.57. The van der Waals surface area contributed by atoms with Gasteiger partial charge in [0.25, 0.3) is 0 Å². The summed E-state index contributed by atoms with van der Waals surface area (Å²) in [5.41, 5.74) is 10.5. The lowest BCUT2D eigenvalue weighted by molar-refractivity contribution is -0.115. The van der Waals surface area contributed by atoms with E-state index in [9.17, 15) is 4.79 Å². The monoisotopic (exact) mass is 296 g/mol. The van der Waals surface area contributed by atoms with Crippen LogP contribution in [0, 0.1) is 12.8 Å². The standard InChI is InChI=1S/C19H24N2O/c1-13(2)10-15-5-7-16(8-6-15)11-19(22)21-18-12-17(20)9-4-14(18)3/h4-9,12-13H,10-11,20H2,1-3H3,(H,21,22). The number of hydrogen-bond donors (Lipinski definition) is 2. The number of hydrogen-bond acceptors (Lipinski definition) is 2. The molecule has 0 heterocycles. The van der Waals surface area contributed by atoms with Crippen molar-refractivity contribution < 1.29 is 4.79 Å². The lowest BCUT2D eigenvalue weighted by Crippen LogP contribution is -2.15. The highest BCUT2D eigenvalue weighted by molar-refractivity contribution is 5.93. The van der Waals surface area contributed by atoms with Crippen molar-refractivity contribution in [3.63, 3.8) is 0 Å². The molecule has 3 N–H and O–H groups in total. The van der Waals surface area contributed by atoms with Crippen LogP contribution in [0.3, 0.4) is 0 Å². The third kappa shape index (κ3) is 4.62. The Labute approximate surface area is 132 Å². The molecule has 0 aromatic heterocycles. The van der Waals surface area contributed by atoms with Crippen molar-refractivity contribution in [1.82, 2.24) is 0 Å². The van der Waals surface area contributed by atoms with Gasteiger partial charge < -0.3 is 11.1 Å². The summed E-state index contributed by atoms with van der Waals surface area (Å²) in [5, 5.41) is 2.93. The van der Waals surface area contributed by atoms with E-state index in [1.165, 1.54) is 5.56 Å². The molecule has 22 heavy (non-hydrogen) atoms. The van der Waals surface area contributed by atoms with Gasteiger partial charge in [0.05, 0.1) is 6.42 Å². The predicted molar refractivity (Wildman–Crippen MR) is 92.9 cm³/mol. The summed E-state index contributed by atoms with van der Waals surface area (Å²) < 4.78 is 0. The molecule has 3 heteroatoms. The first-order chi connectivity index (χ1) is 10.4. The van der Waals surface area contributed by atoms with E-state index in [0.29, 0.717) is 18.0 Å². The van der Waals surface area contributed by atoms with E-state index in [-0.39, 0.29) is 5.91 Å². The molecule has 2 aromatic carbocycles. The van der Waals surface area contributed by atoms with Gasteiger partial charge in [0.2, 0.25) is 5.91 Å². The average Bonchev–Trinajstić information content (AvgIpc) is 2.44. The second-order valence-electron chi connectivity index (χ2n) is 6.21. The Morgan fingerprint density at radius 3 is 2.36 bits per heavy atom. The van der Waals surface area contributed by atoms with Gasteiger partial charge in [-0.3, -0.25) is 4.79 Å². The fourth-order valence-corrected chi connectivity index (χ4v) is 2.42. The highest BCUT2D eigenvalue weighted by Gasteiger charge is 2.07. The summed E-state index contributed by atoms with van der Waals surface area (Å²) in [6.07, 6.45) is 1.44. The molecule has 116 valence electrons. The largest absolute Gasteiger partial charge is 0.399 e. The first-order valence-electron chi connectivity index (χ1n) is 7.68. The SMILES string of the molecule is Cc1ccc(N)cc1NC(=O)Cc1ccc(CC(C)C)cc1. The molecule has 2 rings (SSSR count). The number of benzene rings is 2. The van der Waals surface area contributed by atoms with E-state index in [2.05, 4.69) is 31.3 Å². The number of aryl methyl sites for hydroxylation is 1. The Morgan fingerprint density at radius 2 is 1.73 bits per heavy atom. The number of carbonyl (C=O) groups is 1. The van der Waals surface area contributed by atoms with Crippen molar-refractivity contribution >= 4 is 17.3 Å². The van der Waals surface area contributed by atoms with Crippen LogP contribution in [0.4, 0.5) is 11.4 Å². The smallest absolute Gasteiger partial charge is 0.228 e. The van der Waals surface area contributed by atoms with E-state index >= 15 is 0 Å². The fraction of sp³-hybridized carbons (Fsp3) is 0.316. The molecule has 0 aliphatic heterocycles. The molecule has 0 unspecified atom stereocenters. The molecule has 0 aliphatic carbocycles. The normalized spacial score (nSPS) is 10.7. The summed E-state index contributed by atoms with van der Waals surface area (Å²) in [5.74, 6) is 0.617. The molecular weight excluding hydrogens is 272 g/mol. The molecule has 3 nitrogen and oxygen atoms in total. The van der Waals surface area contributed by atoms with Gasteiger partial charge in [-0.25, -0.2) is 0 Å². The second kappa shape index (κ2) is 7.12. The molecule has 1 amide bonds. The Hall–Kier alpha value is -2.29. The van der Waals surface area contributed by atoms with Crippen LogP contribution in [0.5, 0.6) is 0 Å². The zero-order valence-corrected chi connectivity index (χ0v) is 13.5. The Morgan fingerprint density at radius 1 is 1.09 bits per heavy atom. The number of anilines is 2. The van der Waals surface area contributed by atoms with Gasteiger partial charge in [0.15, 0.2) is 0 Å². The van der Waals surface area contributed by atoms with E-state index in [1.54, 1.807) is 6.07 Å². The van der Waals surface area contributed by atoms with Crippen molar-refractivity contribution in [2.75, 3.05) is 11.1 Å². The second-order valence-corrected chi connectivity index (χ2v) is 6.21. The zero-order chi connectivity index (χ0) is 16.1. The molecule has 0 fully saturated rings. The summed E-state index contributed by atoms with van der Waals surface area (Å²) in [6, 6.07) is 13.8. The van der Waals surface area contributed by atoms with Crippen molar-refractivity contribution in [2.45, 2.75) is 33.6 Å². The van der Waals surface area contributed by atoms with Crippen LogP contribution >= 0.6 is 0 Å². The number of amides is 1. The van der Waals surface area contributed by atoms with Gasteiger partial charge >= 0.3 is 0 Å². The fourth-order valence-electron chi connectivity index (χ4n) is 2.42. The summed E-state index contributed by atoms with van der Waals surface area (Å²) >= 11 is 0. The van der Waals surface area contributed by atoms with E-state index in [1.807, 2.05) is 31.2 Å². The van der Waals surface area contributed by atoms with E-state index < -0.39 is 0 Å². The van der Waals surface area contributed by atoms with Crippen LogP contribution in [-0.2, 0) is 17.6 Å². The van der Waals surface area contributed by atoms with Crippen LogP contribution in [0.15, 0.2) is 42.5 Å². The molecule has 0 saturated carbocycles. The summed E-state index contributed by atoms with van der Waals surface area (Å²) in [6.45, 7) is 6.36. The lowest BCUT2D eigenvalue weighted by atomic mass is 10.0. The molecule has 0 atom stereocenters. The highest BCUT2D eigenvalue weighted by Crippen LogP contribution is 2.18. The molecule has 0 radical (unpaired) electrons. The third-order valence-electron chi connectivity index (χ3n) is 3.57. The number of nitrogen functional groups attached to an aromatic ring is 1. The molecule has 0 spiro atoms. The van der Waals surface area contributed by atoms with Crippen LogP contribution < -0.4 is 11.1 Å². The van der Waals surface area contributed by atoms with Gasteiger partial charge in [0.1, 0.15) is 0 Å². The van der Waals surface area contributed by atoms with Crippen molar-refractivity contribution in [3.05, 3.63) is 59.2 Å². The van der Waals surface area contributed by atoms with Crippen LogP contribution in [0.25, 0.3) is 0 Å².